The molecule has 6 heteroatoms. The van der Waals surface area contributed by atoms with Crippen LogP contribution in [0.1, 0.15) is 6.92 Å². The molecule has 148 valence electrons. The monoisotopic (exact) mass is 424 g/mol. The minimum Gasteiger partial charge on any atom is -0.494 e. The molecule has 4 aromatic rings. The third-order valence-electron chi connectivity index (χ3n) is 4.33. The van der Waals surface area contributed by atoms with Crippen molar-refractivity contribution in [3.8, 4) is 17.2 Å². The Hall–Kier alpha value is -2.63. The van der Waals surface area contributed by atoms with Crippen LogP contribution in [0.3, 0.4) is 0 Å². The largest absolute Gasteiger partial charge is 0.494 e. The van der Waals surface area contributed by atoms with Crippen LogP contribution in [0.25, 0.3) is 16.7 Å². The molecule has 0 aliphatic carbocycles. The minimum atomic E-state index is 0.582. The fraction of sp³-hybridized carbons (Fsp3) is 0.174. The van der Waals surface area contributed by atoms with Gasteiger partial charge in [0.1, 0.15) is 11.5 Å². The Morgan fingerprint density at radius 3 is 2.34 bits per heavy atom. The lowest BCUT2D eigenvalue weighted by molar-refractivity contribution is 0.340. The van der Waals surface area contributed by atoms with Gasteiger partial charge in [-0.2, -0.15) is 0 Å². The standard InChI is InChI=1S/C23H21ClN2O2S/c1-2-27-19-13-9-18(10-14-19)26-22-6-4-3-5-21(22)25-23(26)29-16-15-28-20-11-7-17(24)8-12-20/h3-14H,2,15-16H2,1H3. The highest BCUT2D eigenvalue weighted by atomic mass is 35.5. The van der Waals surface area contributed by atoms with Gasteiger partial charge in [0.15, 0.2) is 5.16 Å². The molecule has 0 unspecified atom stereocenters. The summed E-state index contributed by atoms with van der Waals surface area (Å²) < 4.78 is 13.6. The minimum absolute atomic E-state index is 0.582. The van der Waals surface area contributed by atoms with Gasteiger partial charge in [0.05, 0.1) is 24.2 Å². The molecule has 0 N–H and O–H groups in total. The molecule has 0 atom stereocenters. The first kappa shape index (κ1) is 19.7. The van der Waals surface area contributed by atoms with E-state index in [1.54, 1.807) is 11.8 Å². The lowest BCUT2D eigenvalue weighted by Gasteiger charge is -2.11. The highest BCUT2D eigenvalue weighted by molar-refractivity contribution is 7.99. The molecule has 4 rings (SSSR count). The van der Waals surface area contributed by atoms with Crippen molar-refractivity contribution in [2.24, 2.45) is 0 Å². The van der Waals surface area contributed by atoms with Gasteiger partial charge < -0.3 is 9.47 Å². The van der Waals surface area contributed by atoms with E-state index in [1.807, 2.05) is 61.5 Å². The molecule has 0 fully saturated rings. The van der Waals surface area contributed by atoms with E-state index in [2.05, 4.69) is 22.8 Å². The highest BCUT2D eigenvalue weighted by Crippen LogP contribution is 2.29. The highest BCUT2D eigenvalue weighted by Gasteiger charge is 2.13. The van der Waals surface area contributed by atoms with Crippen molar-refractivity contribution >= 4 is 34.4 Å². The van der Waals surface area contributed by atoms with Crippen molar-refractivity contribution in [3.05, 3.63) is 77.8 Å². The second kappa shape index (κ2) is 9.25. The molecule has 0 aliphatic rings. The summed E-state index contributed by atoms with van der Waals surface area (Å²) in [5.74, 6) is 2.46. The number of fused-ring (bicyclic) bond motifs is 1. The van der Waals surface area contributed by atoms with Crippen molar-refractivity contribution in [3.63, 3.8) is 0 Å². The average molecular weight is 425 g/mol. The van der Waals surface area contributed by atoms with E-state index < -0.39 is 0 Å². The van der Waals surface area contributed by atoms with Crippen LogP contribution in [0.2, 0.25) is 5.02 Å². The van der Waals surface area contributed by atoms with Gasteiger partial charge in [-0.3, -0.25) is 4.57 Å². The number of halogens is 1. The van der Waals surface area contributed by atoms with Gasteiger partial charge in [-0.25, -0.2) is 4.98 Å². The summed E-state index contributed by atoms with van der Waals surface area (Å²) in [6.45, 7) is 3.22. The fourth-order valence-electron chi connectivity index (χ4n) is 3.03. The van der Waals surface area contributed by atoms with E-state index >= 15 is 0 Å². The molecule has 0 spiro atoms. The van der Waals surface area contributed by atoms with Gasteiger partial charge in [-0.15, -0.1) is 0 Å². The van der Waals surface area contributed by atoms with Crippen molar-refractivity contribution < 1.29 is 9.47 Å². The van der Waals surface area contributed by atoms with Gasteiger partial charge in [0, 0.05) is 16.5 Å². The molecule has 4 nitrogen and oxygen atoms in total. The maximum absolute atomic E-state index is 5.92. The van der Waals surface area contributed by atoms with Crippen LogP contribution >= 0.6 is 23.4 Å². The number of ether oxygens (including phenoxy) is 2. The summed E-state index contributed by atoms with van der Waals surface area (Å²) in [6.07, 6.45) is 0. The van der Waals surface area contributed by atoms with Crippen LogP contribution in [-0.4, -0.2) is 28.5 Å². The molecular formula is C23H21ClN2O2S. The molecule has 0 bridgehead atoms. The molecule has 0 aliphatic heterocycles. The van der Waals surface area contributed by atoms with E-state index in [0.29, 0.717) is 18.2 Å². The molecule has 1 heterocycles. The Bertz CT molecular complexity index is 1080. The zero-order valence-electron chi connectivity index (χ0n) is 16.0. The molecule has 0 amide bonds. The Labute approximate surface area is 179 Å². The summed E-state index contributed by atoms with van der Waals surface area (Å²) in [5.41, 5.74) is 3.11. The predicted molar refractivity (Wildman–Crippen MR) is 120 cm³/mol. The average Bonchev–Trinajstić information content (AvgIpc) is 3.12. The van der Waals surface area contributed by atoms with Crippen LogP contribution < -0.4 is 9.47 Å². The number of hydrogen-bond acceptors (Lipinski definition) is 4. The first-order valence-electron chi connectivity index (χ1n) is 9.46. The quantitative estimate of drug-likeness (QED) is 0.247. The lowest BCUT2D eigenvalue weighted by atomic mass is 10.2. The molecule has 29 heavy (non-hydrogen) atoms. The Morgan fingerprint density at radius 2 is 1.59 bits per heavy atom. The first-order chi connectivity index (χ1) is 14.2. The second-order valence-electron chi connectivity index (χ2n) is 6.30. The Balaban J connectivity index is 1.52. The normalized spacial score (nSPS) is 11.0. The lowest BCUT2D eigenvalue weighted by Crippen LogP contribution is -2.02. The van der Waals surface area contributed by atoms with Crippen LogP contribution in [-0.2, 0) is 0 Å². The third-order valence-corrected chi connectivity index (χ3v) is 5.49. The topological polar surface area (TPSA) is 36.3 Å². The summed E-state index contributed by atoms with van der Waals surface area (Å²) in [5, 5.41) is 1.64. The summed E-state index contributed by atoms with van der Waals surface area (Å²) in [6, 6.07) is 23.7. The van der Waals surface area contributed by atoms with Crippen molar-refractivity contribution in [2.45, 2.75) is 12.1 Å². The van der Waals surface area contributed by atoms with Gasteiger partial charge in [-0.1, -0.05) is 35.5 Å². The summed E-state index contributed by atoms with van der Waals surface area (Å²) in [4.78, 5) is 4.83. The molecular weight excluding hydrogens is 404 g/mol. The van der Waals surface area contributed by atoms with Crippen molar-refractivity contribution in [1.29, 1.82) is 0 Å². The Morgan fingerprint density at radius 1 is 0.897 bits per heavy atom. The molecule has 0 saturated carbocycles. The van der Waals surface area contributed by atoms with Gasteiger partial charge in [0.2, 0.25) is 0 Å². The SMILES string of the molecule is CCOc1ccc(-n2c(SCCOc3ccc(Cl)cc3)nc3ccccc32)cc1. The Kier molecular flexibility index (Phi) is 6.27. The number of thioether (sulfide) groups is 1. The number of imidazole rings is 1. The van der Waals surface area contributed by atoms with Crippen LogP contribution in [0.4, 0.5) is 0 Å². The number of rotatable bonds is 8. The van der Waals surface area contributed by atoms with Crippen molar-refractivity contribution in [1.82, 2.24) is 9.55 Å². The van der Waals surface area contributed by atoms with E-state index in [0.717, 1.165) is 39.1 Å². The van der Waals surface area contributed by atoms with Crippen LogP contribution in [0.15, 0.2) is 78.0 Å². The molecule has 0 saturated heterocycles. The van der Waals surface area contributed by atoms with Crippen LogP contribution in [0.5, 0.6) is 11.5 Å². The molecule has 1 aromatic heterocycles. The van der Waals surface area contributed by atoms with E-state index in [1.165, 1.54) is 0 Å². The third kappa shape index (κ3) is 4.69. The maximum atomic E-state index is 5.92. The second-order valence-corrected chi connectivity index (χ2v) is 7.79. The van der Waals surface area contributed by atoms with Gasteiger partial charge in [-0.05, 0) is 67.6 Å². The van der Waals surface area contributed by atoms with Gasteiger partial charge >= 0.3 is 0 Å². The number of hydrogen-bond donors (Lipinski definition) is 0. The zero-order chi connectivity index (χ0) is 20.1. The smallest absolute Gasteiger partial charge is 0.173 e. The molecule has 3 aromatic carbocycles. The number of para-hydroxylation sites is 2. The van der Waals surface area contributed by atoms with Crippen LogP contribution in [0, 0.1) is 0 Å². The van der Waals surface area contributed by atoms with E-state index in [4.69, 9.17) is 26.1 Å². The fourth-order valence-corrected chi connectivity index (χ4v) is 4.00. The van der Waals surface area contributed by atoms with E-state index in [9.17, 15) is 0 Å². The molecule has 0 radical (unpaired) electrons. The summed E-state index contributed by atoms with van der Waals surface area (Å²) in [7, 11) is 0. The number of nitrogens with zero attached hydrogens (tertiary/aromatic N) is 2. The van der Waals surface area contributed by atoms with Crippen molar-refractivity contribution in [2.75, 3.05) is 19.0 Å². The summed E-state index contributed by atoms with van der Waals surface area (Å²) >= 11 is 7.59. The number of benzene rings is 3. The number of aromatic nitrogens is 2. The predicted octanol–water partition coefficient (Wildman–Crippen LogP) is 6.25. The maximum Gasteiger partial charge on any atom is 0.173 e. The first-order valence-corrected chi connectivity index (χ1v) is 10.8. The van der Waals surface area contributed by atoms with E-state index in [-0.39, 0.29) is 0 Å². The zero-order valence-corrected chi connectivity index (χ0v) is 17.6. The van der Waals surface area contributed by atoms with Gasteiger partial charge in [0.25, 0.3) is 0 Å².